The van der Waals surface area contributed by atoms with Gasteiger partial charge in [-0.25, -0.2) is 4.98 Å². The Bertz CT molecular complexity index is 749. The van der Waals surface area contributed by atoms with Crippen molar-refractivity contribution >= 4 is 46.6 Å². The Balaban J connectivity index is 1.94. The highest BCUT2D eigenvalue weighted by molar-refractivity contribution is 8.03. The van der Waals surface area contributed by atoms with E-state index >= 15 is 0 Å². The molecule has 1 heterocycles. The van der Waals surface area contributed by atoms with Gasteiger partial charge in [0.2, 0.25) is 5.88 Å². The van der Waals surface area contributed by atoms with Gasteiger partial charge in [0.05, 0.1) is 30.5 Å². The number of hydrogen-bond donors (Lipinski definition) is 1. The first-order chi connectivity index (χ1) is 12.0. The number of nitrogens with one attached hydrogen (secondary N) is 1. The van der Waals surface area contributed by atoms with Crippen LogP contribution in [0.3, 0.4) is 0 Å². The van der Waals surface area contributed by atoms with Gasteiger partial charge in [0.15, 0.2) is 0 Å². The Labute approximate surface area is 160 Å². The molecule has 0 aliphatic heterocycles. The molecule has 5 nitrogen and oxygen atoms in total. The van der Waals surface area contributed by atoms with Crippen molar-refractivity contribution < 1.29 is 14.3 Å². The number of anilines is 1. The van der Waals surface area contributed by atoms with Crippen LogP contribution in [0.1, 0.15) is 5.56 Å². The molecular weight excluding hydrogens is 383 g/mol. The fourth-order valence-electron chi connectivity index (χ4n) is 1.78. The quantitative estimate of drug-likeness (QED) is 0.689. The fraction of sp³-hybridized carbons (Fsp3) is 0.176. The lowest BCUT2D eigenvalue weighted by atomic mass is 10.2. The van der Waals surface area contributed by atoms with Gasteiger partial charge < -0.3 is 14.8 Å². The number of rotatable bonds is 7. The Morgan fingerprint density at radius 1 is 1.12 bits per heavy atom. The molecule has 8 heteroatoms. The third-order valence-electron chi connectivity index (χ3n) is 3.10. The standard InChI is InChI=1S/C17H16Cl2N2O3S/c1-23-13-6-3-11(4-7-13)10-25-16(19)15(18)17(22)21-12-5-8-14(24-2)20-9-12/h3-9H,10H2,1-2H3,(H,21,22)/b16-15-. The summed E-state index contributed by atoms with van der Waals surface area (Å²) < 4.78 is 10.3. The minimum atomic E-state index is -0.499. The third-order valence-corrected chi connectivity index (χ3v) is 5.12. The normalized spacial score (nSPS) is 11.5. The lowest BCUT2D eigenvalue weighted by Crippen LogP contribution is -2.12. The second kappa shape index (κ2) is 9.56. The number of benzene rings is 1. The first kappa shape index (κ1) is 19.4. The van der Waals surface area contributed by atoms with Gasteiger partial charge in [-0.2, -0.15) is 0 Å². The van der Waals surface area contributed by atoms with E-state index in [1.54, 1.807) is 19.2 Å². The molecule has 0 unspecified atom stereocenters. The van der Waals surface area contributed by atoms with Crippen LogP contribution >= 0.6 is 35.0 Å². The lowest BCUT2D eigenvalue weighted by Gasteiger charge is -2.07. The van der Waals surface area contributed by atoms with Gasteiger partial charge in [-0.15, -0.1) is 11.8 Å². The average molecular weight is 399 g/mol. The lowest BCUT2D eigenvalue weighted by molar-refractivity contribution is -0.112. The third kappa shape index (κ3) is 5.85. The number of ether oxygens (including phenoxy) is 2. The molecule has 1 aromatic heterocycles. The average Bonchev–Trinajstić information content (AvgIpc) is 2.66. The van der Waals surface area contributed by atoms with E-state index in [1.807, 2.05) is 24.3 Å². The summed E-state index contributed by atoms with van der Waals surface area (Å²) in [5.74, 6) is 1.31. The number of nitrogens with zero attached hydrogens (tertiary/aromatic N) is 1. The number of carbonyl (C=O) groups excluding carboxylic acids is 1. The maximum atomic E-state index is 12.1. The zero-order chi connectivity index (χ0) is 18.2. The highest BCUT2D eigenvalue weighted by Gasteiger charge is 2.13. The summed E-state index contributed by atoms with van der Waals surface area (Å²) >= 11 is 13.5. The number of thioether (sulfide) groups is 1. The van der Waals surface area contributed by atoms with E-state index in [4.69, 9.17) is 32.7 Å². The van der Waals surface area contributed by atoms with Crippen LogP contribution in [0.2, 0.25) is 0 Å². The highest BCUT2D eigenvalue weighted by atomic mass is 35.5. The molecule has 0 spiro atoms. The van der Waals surface area contributed by atoms with E-state index in [9.17, 15) is 4.79 Å². The molecule has 0 fully saturated rings. The van der Waals surface area contributed by atoms with Crippen LogP contribution in [-0.4, -0.2) is 25.1 Å². The van der Waals surface area contributed by atoms with Gasteiger partial charge in [0.1, 0.15) is 10.8 Å². The van der Waals surface area contributed by atoms with E-state index in [2.05, 4.69) is 10.3 Å². The van der Waals surface area contributed by atoms with Crippen LogP contribution in [0.25, 0.3) is 0 Å². The molecule has 0 saturated heterocycles. The predicted molar refractivity (Wildman–Crippen MR) is 102 cm³/mol. The number of methoxy groups -OCH3 is 2. The number of carbonyl (C=O) groups is 1. The number of hydrogen-bond acceptors (Lipinski definition) is 5. The molecule has 0 aliphatic rings. The van der Waals surface area contributed by atoms with Crippen LogP contribution in [0.15, 0.2) is 52.0 Å². The van der Waals surface area contributed by atoms with Gasteiger partial charge in [-0.05, 0) is 23.8 Å². The van der Waals surface area contributed by atoms with Crippen molar-refractivity contribution in [3.05, 3.63) is 57.6 Å². The smallest absolute Gasteiger partial charge is 0.269 e. The summed E-state index contributed by atoms with van der Waals surface area (Å²) in [5.41, 5.74) is 1.53. The molecule has 25 heavy (non-hydrogen) atoms. The van der Waals surface area contributed by atoms with Gasteiger partial charge >= 0.3 is 0 Å². The molecular formula is C17H16Cl2N2O3S. The summed E-state index contributed by atoms with van der Waals surface area (Å²) in [5, 5.41) is 2.55. The largest absolute Gasteiger partial charge is 0.497 e. The number of pyridine rings is 1. The Morgan fingerprint density at radius 2 is 1.84 bits per heavy atom. The van der Waals surface area contributed by atoms with Crippen molar-refractivity contribution in [1.29, 1.82) is 0 Å². The SMILES string of the molecule is COc1ccc(CS/C(Cl)=C(\Cl)C(=O)Nc2ccc(OC)nc2)cc1. The molecule has 1 N–H and O–H groups in total. The molecule has 0 aliphatic carbocycles. The van der Waals surface area contributed by atoms with Crippen LogP contribution in [0.5, 0.6) is 11.6 Å². The highest BCUT2D eigenvalue weighted by Crippen LogP contribution is 2.30. The summed E-state index contributed by atoms with van der Waals surface area (Å²) in [6.45, 7) is 0. The van der Waals surface area contributed by atoms with Crippen LogP contribution in [-0.2, 0) is 10.5 Å². The fourth-order valence-corrected chi connectivity index (χ4v) is 2.95. The van der Waals surface area contributed by atoms with E-state index in [1.165, 1.54) is 25.1 Å². The second-order valence-corrected chi connectivity index (χ2v) is 6.73. The second-order valence-electron chi connectivity index (χ2n) is 4.77. The predicted octanol–water partition coefficient (Wildman–Crippen LogP) is 4.62. The Kier molecular flexibility index (Phi) is 7.43. The molecule has 0 radical (unpaired) electrons. The zero-order valence-corrected chi connectivity index (χ0v) is 15.9. The minimum absolute atomic E-state index is 0.0732. The number of halogens is 2. The van der Waals surface area contributed by atoms with E-state index in [0.717, 1.165) is 11.3 Å². The maximum Gasteiger partial charge on any atom is 0.269 e. The van der Waals surface area contributed by atoms with Gasteiger partial charge in [0, 0.05) is 11.8 Å². The molecule has 1 aromatic carbocycles. The van der Waals surface area contributed by atoms with E-state index < -0.39 is 5.91 Å². The van der Waals surface area contributed by atoms with Crippen LogP contribution in [0, 0.1) is 0 Å². The van der Waals surface area contributed by atoms with E-state index in [0.29, 0.717) is 17.3 Å². The zero-order valence-electron chi connectivity index (χ0n) is 13.6. The van der Waals surface area contributed by atoms with Crippen LogP contribution in [0.4, 0.5) is 5.69 Å². The summed E-state index contributed by atoms with van der Waals surface area (Å²) in [6.07, 6.45) is 1.47. The van der Waals surface area contributed by atoms with Crippen molar-refractivity contribution in [2.45, 2.75) is 5.75 Å². The molecule has 132 valence electrons. The van der Waals surface area contributed by atoms with Crippen molar-refractivity contribution in [2.24, 2.45) is 0 Å². The van der Waals surface area contributed by atoms with Crippen molar-refractivity contribution in [1.82, 2.24) is 4.98 Å². The van der Waals surface area contributed by atoms with Crippen molar-refractivity contribution in [3.8, 4) is 11.6 Å². The molecule has 1 amide bonds. The maximum absolute atomic E-state index is 12.1. The Hall–Kier alpha value is -1.89. The molecule has 0 bridgehead atoms. The van der Waals surface area contributed by atoms with Gasteiger partial charge in [-0.1, -0.05) is 35.3 Å². The minimum Gasteiger partial charge on any atom is -0.497 e. The first-order valence-electron chi connectivity index (χ1n) is 7.16. The number of amides is 1. The Morgan fingerprint density at radius 3 is 2.40 bits per heavy atom. The summed E-state index contributed by atoms with van der Waals surface area (Å²) in [6, 6.07) is 10.9. The molecule has 2 aromatic rings. The van der Waals surface area contributed by atoms with Crippen LogP contribution < -0.4 is 14.8 Å². The first-order valence-corrected chi connectivity index (χ1v) is 8.90. The monoisotopic (exact) mass is 398 g/mol. The molecule has 0 atom stereocenters. The van der Waals surface area contributed by atoms with Gasteiger partial charge in [-0.3, -0.25) is 4.79 Å². The molecule has 2 rings (SSSR count). The molecule has 0 saturated carbocycles. The van der Waals surface area contributed by atoms with Gasteiger partial charge in [0.25, 0.3) is 5.91 Å². The van der Waals surface area contributed by atoms with Crippen molar-refractivity contribution in [2.75, 3.05) is 19.5 Å². The summed E-state index contributed by atoms with van der Waals surface area (Å²) in [7, 11) is 3.13. The number of aromatic nitrogens is 1. The van der Waals surface area contributed by atoms with E-state index in [-0.39, 0.29) is 9.40 Å². The summed E-state index contributed by atoms with van der Waals surface area (Å²) in [4.78, 5) is 16.1. The van der Waals surface area contributed by atoms with Crippen molar-refractivity contribution in [3.63, 3.8) is 0 Å². The topological polar surface area (TPSA) is 60.5 Å².